The van der Waals surface area contributed by atoms with Crippen molar-refractivity contribution in [3.05, 3.63) is 64.0 Å². The van der Waals surface area contributed by atoms with Gasteiger partial charge >= 0.3 is 0 Å². The van der Waals surface area contributed by atoms with Crippen molar-refractivity contribution in [3.63, 3.8) is 0 Å². The van der Waals surface area contributed by atoms with E-state index in [1.54, 1.807) is 0 Å². The summed E-state index contributed by atoms with van der Waals surface area (Å²) in [5, 5.41) is 1.54. The molecule has 0 saturated heterocycles. The summed E-state index contributed by atoms with van der Waals surface area (Å²) in [6.07, 6.45) is 5.83. The Labute approximate surface area is 143 Å². The molecule has 0 amide bonds. The Morgan fingerprint density at radius 1 is 1.13 bits per heavy atom. The highest BCUT2D eigenvalue weighted by atomic mass is 28.3. The molecule has 0 saturated carbocycles. The van der Waals surface area contributed by atoms with Crippen LogP contribution in [0.15, 0.2) is 41.2 Å². The molecule has 0 fully saturated rings. The van der Waals surface area contributed by atoms with Crippen molar-refractivity contribution in [1.82, 2.24) is 0 Å². The SMILES string of the molecule is C=[N+]1C=C([Si](C)(C)C)C(CC(C)C)=C[C-]1c1c(C)cccc1C. The van der Waals surface area contributed by atoms with E-state index in [1.165, 1.54) is 33.5 Å². The summed E-state index contributed by atoms with van der Waals surface area (Å²) in [4.78, 5) is 0. The molecule has 0 N–H and O–H groups in total. The van der Waals surface area contributed by atoms with Crippen LogP contribution in [0.5, 0.6) is 0 Å². The third-order valence-electron chi connectivity index (χ3n) is 4.42. The van der Waals surface area contributed by atoms with Crippen LogP contribution in [0.2, 0.25) is 19.6 Å². The maximum absolute atomic E-state index is 4.31. The minimum atomic E-state index is -1.39. The van der Waals surface area contributed by atoms with Gasteiger partial charge in [-0.05, 0) is 29.2 Å². The van der Waals surface area contributed by atoms with Gasteiger partial charge in [-0.2, -0.15) is 0 Å². The van der Waals surface area contributed by atoms with Gasteiger partial charge in [0.2, 0.25) is 0 Å². The van der Waals surface area contributed by atoms with Crippen molar-refractivity contribution in [3.8, 4) is 0 Å². The molecule has 2 heteroatoms. The van der Waals surface area contributed by atoms with Gasteiger partial charge in [-0.15, -0.1) is 0 Å². The van der Waals surface area contributed by atoms with E-state index < -0.39 is 8.07 Å². The summed E-state index contributed by atoms with van der Waals surface area (Å²) in [5.41, 5.74) is 5.48. The van der Waals surface area contributed by atoms with Crippen LogP contribution in [0.3, 0.4) is 0 Å². The van der Waals surface area contributed by atoms with Crippen molar-refractivity contribution in [2.75, 3.05) is 0 Å². The lowest BCUT2D eigenvalue weighted by atomic mass is 9.91. The molecular weight excluding hydrogens is 294 g/mol. The fourth-order valence-electron chi connectivity index (χ4n) is 3.35. The second-order valence-electron chi connectivity index (χ2n) is 8.18. The number of rotatable bonds is 4. The van der Waals surface area contributed by atoms with Gasteiger partial charge in [-0.25, -0.2) is 0 Å². The molecule has 2 rings (SSSR count). The fraction of sp³-hybridized carbons (Fsp3) is 0.429. The van der Waals surface area contributed by atoms with E-state index in [0.717, 1.165) is 6.42 Å². The van der Waals surface area contributed by atoms with E-state index in [2.05, 4.69) is 89.1 Å². The maximum Gasteiger partial charge on any atom is 0.147 e. The highest BCUT2D eigenvalue weighted by Gasteiger charge is 2.30. The van der Waals surface area contributed by atoms with Gasteiger partial charge < -0.3 is 0 Å². The summed E-state index contributed by atoms with van der Waals surface area (Å²) in [6.45, 7) is 20.6. The first-order valence-corrected chi connectivity index (χ1v) is 12.1. The van der Waals surface area contributed by atoms with Crippen LogP contribution in [0.4, 0.5) is 0 Å². The first kappa shape index (κ1) is 17.8. The van der Waals surface area contributed by atoms with Gasteiger partial charge in [0.15, 0.2) is 0 Å². The predicted octanol–water partition coefficient (Wildman–Crippen LogP) is 5.64. The van der Waals surface area contributed by atoms with E-state index >= 15 is 0 Å². The zero-order valence-electron chi connectivity index (χ0n) is 15.8. The van der Waals surface area contributed by atoms with Crippen molar-refractivity contribution in [2.45, 2.75) is 53.8 Å². The molecular formula is C21H31NSi. The summed E-state index contributed by atoms with van der Waals surface area (Å²) < 4.78 is 2.09. The third kappa shape index (κ3) is 3.87. The van der Waals surface area contributed by atoms with Gasteiger partial charge in [0, 0.05) is 0 Å². The lowest BCUT2D eigenvalue weighted by Crippen LogP contribution is -2.31. The Morgan fingerprint density at radius 3 is 2.17 bits per heavy atom. The predicted molar refractivity (Wildman–Crippen MR) is 105 cm³/mol. The molecule has 23 heavy (non-hydrogen) atoms. The monoisotopic (exact) mass is 325 g/mol. The van der Waals surface area contributed by atoms with Crippen LogP contribution in [-0.2, 0) is 0 Å². The number of aryl methyl sites for hydroxylation is 2. The van der Waals surface area contributed by atoms with Crippen molar-refractivity contribution in [2.24, 2.45) is 5.92 Å². The van der Waals surface area contributed by atoms with E-state index in [1.807, 2.05) is 0 Å². The van der Waals surface area contributed by atoms with Crippen LogP contribution >= 0.6 is 0 Å². The number of allylic oxidation sites excluding steroid dienone is 2. The molecule has 1 aliphatic heterocycles. The molecule has 1 aromatic rings. The molecule has 0 aromatic heterocycles. The van der Waals surface area contributed by atoms with Crippen LogP contribution in [0.1, 0.15) is 37.0 Å². The Bertz CT molecular complexity index is 651. The smallest absolute Gasteiger partial charge is 0.147 e. The topological polar surface area (TPSA) is 3.01 Å². The lowest BCUT2D eigenvalue weighted by Gasteiger charge is -2.32. The number of nitrogens with zero attached hydrogens (tertiary/aromatic N) is 1. The zero-order valence-corrected chi connectivity index (χ0v) is 16.8. The first-order valence-electron chi connectivity index (χ1n) is 8.57. The molecule has 1 nitrogen and oxygen atoms in total. The highest BCUT2D eigenvalue weighted by molar-refractivity contribution is 6.84. The molecule has 1 aliphatic rings. The molecule has 1 heterocycles. The van der Waals surface area contributed by atoms with Gasteiger partial charge in [-0.1, -0.05) is 82.2 Å². The summed E-state index contributed by atoms with van der Waals surface area (Å²) in [6, 6.07) is 7.75. The molecule has 0 radical (unpaired) electrons. The second kappa shape index (κ2) is 6.52. The van der Waals surface area contributed by atoms with Gasteiger partial charge in [-0.3, -0.25) is 4.58 Å². The highest BCUT2D eigenvalue weighted by Crippen LogP contribution is 2.36. The molecule has 0 spiro atoms. The van der Waals surface area contributed by atoms with E-state index in [9.17, 15) is 0 Å². The van der Waals surface area contributed by atoms with Crippen molar-refractivity contribution < 1.29 is 4.58 Å². The Morgan fingerprint density at radius 2 is 1.70 bits per heavy atom. The van der Waals surface area contributed by atoms with Crippen LogP contribution in [0.25, 0.3) is 0 Å². The average molecular weight is 326 g/mol. The number of hydrogen-bond donors (Lipinski definition) is 0. The van der Waals surface area contributed by atoms with Crippen LogP contribution in [-0.4, -0.2) is 19.4 Å². The van der Waals surface area contributed by atoms with Gasteiger partial charge in [0.05, 0.1) is 14.8 Å². The Balaban J connectivity index is 2.54. The van der Waals surface area contributed by atoms with Crippen molar-refractivity contribution >= 4 is 14.8 Å². The molecule has 0 aliphatic carbocycles. The Kier molecular flexibility index (Phi) is 5.05. The van der Waals surface area contributed by atoms with Gasteiger partial charge in [0.1, 0.15) is 12.2 Å². The van der Waals surface area contributed by atoms with Crippen molar-refractivity contribution in [1.29, 1.82) is 0 Å². The summed E-state index contributed by atoms with van der Waals surface area (Å²) in [5.74, 6) is 0.664. The van der Waals surface area contributed by atoms with E-state index in [-0.39, 0.29) is 0 Å². The van der Waals surface area contributed by atoms with Crippen LogP contribution in [0, 0.1) is 25.8 Å². The van der Waals surface area contributed by atoms with Crippen LogP contribution < -0.4 is 0 Å². The second-order valence-corrected chi connectivity index (χ2v) is 13.2. The summed E-state index contributed by atoms with van der Waals surface area (Å²) in [7, 11) is -1.39. The average Bonchev–Trinajstić information content (AvgIpc) is 2.39. The standard InChI is InChI=1S/C21H31NSi/c1-15(2)12-18-13-19(21-16(3)10-9-11-17(21)4)22(5)14-20(18)23(6,7)8/h9-11,13-15H,5,12H2,1-4,6-8H3. The maximum atomic E-state index is 4.31. The first-order chi connectivity index (χ1) is 10.6. The fourth-order valence-corrected chi connectivity index (χ4v) is 5.03. The van der Waals surface area contributed by atoms with E-state index in [4.69, 9.17) is 0 Å². The largest absolute Gasteiger partial charge is 0.255 e. The number of hydrogen-bond acceptors (Lipinski definition) is 0. The molecule has 0 bridgehead atoms. The molecule has 0 unspecified atom stereocenters. The quantitative estimate of drug-likeness (QED) is 0.382. The van der Waals surface area contributed by atoms with Gasteiger partial charge in [0.25, 0.3) is 0 Å². The lowest BCUT2D eigenvalue weighted by molar-refractivity contribution is -0.418. The molecule has 1 aromatic carbocycles. The minimum absolute atomic E-state index is 0.664. The number of benzene rings is 1. The zero-order chi connectivity index (χ0) is 17.4. The molecule has 0 atom stereocenters. The Hall–Kier alpha value is -1.54. The molecule has 124 valence electrons. The normalized spacial score (nSPS) is 15.8. The third-order valence-corrected chi connectivity index (χ3v) is 6.49. The summed E-state index contributed by atoms with van der Waals surface area (Å²) >= 11 is 0. The van der Waals surface area contributed by atoms with E-state index in [0.29, 0.717) is 5.92 Å². The minimum Gasteiger partial charge on any atom is -0.255 e.